The Labute approximate surface area is 275 Å². The van der Waals surface area contributed by atoms with Crippen molar-refractivity contribution < 1.29 is 31.1 Å². The van der Waals surface area contributed by atoms with E-state index in [1.54, 1.807) is 37.6 Å². The highest BCUT2D eigenvalue weighted by atomic mass is 32.1. The Morgan fingerprint density at radius 3 is 2.58 bits per heavy atom. The van der Waals surface area contributed by atoms with E-state index in [9.17, 15) is 27.2 Å². The van der Waals surface area contributed by atoms with Crippen molar-refractivity contribution in [3.05, 3.63) is 71.1 Å². The molecule has 2 fully saturated rings. The number of methoxy groups -OCH3 is 1. The summed E-state index contributed by atoms with van der Waals surface area (Å²) in [5.41, 5.74) is 3.37. The maximum Gasteiger partial charge on any atom is 0.417 e. The summed E-state index contributed by atoms with van der Waals surface area (Å²) in [7, 11) is 2.82. The predicted molar refractivity (Wildman–Crippen MR) is 171 cm³/mol. The fourth-order valence-corrected chi connectivity index (χ4v) is 7.38. The third kappa shape index (κ3) is 6.17. The highest BCUT2D eigenvalue weighted by molar-refractivity contribution is 7.23. The zero-order valence-corrected chi connectivity index (χ0v) is 26.6. The molecule has 2 unspecified atom stereocenters. The summed E-state index contributed by atoms with van der Waals surface area (Å²) in [5, 5.41) is 9.09. The first-order valence-corrected chi connectivity index (χ1v) is 15.8. The number of rotatable bonds is 5. The Balaban J connectivity index is 0.000000381. The highest BCUT2D eigenvalue weighted by Crippen LogP contribution is 2.48. The van der Waals surface area contributed by atoms with Gasteiger partial charge >= 0.3 is 12.2 Å². The van der Waals surface area contributed by atoms with Gasteiger partial charge in [0, 0.05) is 54.9 Å². The van der Waals surface area contributed by atoms with Crippen LogP contribution < -0.4 is 15.4 Å². The van der Waals surface area contributed by atoms with E-state index in [1.165, 1.54) is 24.9 Å². The Hall–Kier alpha value is -4.68. The van der Waals surface area contributed by atoms with E-state index in [0.717, 1.165) is 36.7 Å². The first-order valence-electron chi connectivity index (χ1n) is 15.0. The number of halogens is 6. The number of nitrogen functional groups attached to an aromatic ring is 1. The standard InChI is InChI=1S/C26H17F5N6OS.C7H12FN/c1-37(11-12-5-7-34-8-6-12)24-14-9-16(26(29,30)31)19(20(28)21(14)35-25(36-24)38-2)13-3-4-17(27)22-18(13)15(10-32)23(33)39-22;8-6-4-7-2-1-3-9(7)5-6/h3-9H,11,33H2,1-2H3;6-7H,1-5H2. The third-order valence-electron chi connectivity index (χ3n) is 8.57. The number of fused-ring (bicyclic) bond motifs is 3. The molecule has 0 saturated carbocycles. The van der Waals surface area contributed by atoms with Crippen molar-refractivity contribution in [1.82, 2.24) is 19.9 Å². The lowest BCUT2D eigenvalue weighted by molar-refractivity contribution is -0.137. The van der Waals surface area contributed by atoms with Crippen molar-refractivity contribution in [1.29, 1.82) is 5.26 Å². The molecule has 5 aromatic rings. The Morgan fingerprint density at radius 1 is 1.17 bits per heavy atom. The average Bonchev–Trinajstić information content (AvgIpc) is 3.74. The summed E-state index contributed by atoms with van der Waals surface area (Å²) < 4.78 is 92.1. The molecule has 2 N–H and O–H groups in total. The smallest absolute Gasteiger partial charge is 0.417 e. The number of pyridine rings is 1. The largest absolute Gasteiger partial charge is 0.467 e. The second-order valence-corrected chi connectivity index (χ2v) is 12.7. The van der Waals surface area contributed by atoms with E-state index in [0.29, 0.717) is 23.9 Å². The van der Waals surface area contributed by atoms with Crippen molar-refractivity contribution >= 4 is 43.1 Å². The van der Waals surface area contributed by atoms with Crippen LogP contribution >= 0.6 is 11.3 Å². The van der Waals surface area contributed by atoms with Crippen molar-refractivity contribution in [3.8, 4) is 23.2 Å². The number of nitrogens with two attached hydrogens (primary N) is 1. The molecular weight excluding hydrogens is 656 g/mol. The molecule has 0 bridgehead atoms. The summed E-state index contributed by atoms with van der Waals surface area (Å²) in [6.45, 7) is 2.07. The molecule has 2 aliphatic rings. The van der Waals surface area contributed by atoms with Gasteiger partial charge in [0.2, 0.25) is 0 Å². The molecule has 2 atom stereocenters. The van der Waals surface area contributed by atoms with Crippen LogP contribution in [0.15, 0.2) is 42.7 Å². The second kappa shape index (κ2) is 13.1. The van der Waals surface area contributed by atoms with Gasteiger partial charge in [0.1, 0.15) is 34.4 Å². The van der Waals surface area contributed by atoms with E-state index in [2.05, 4.69) is 19.9 Å². The Bertz CT molecular complexity index is 2020. The van der Waals surface area contributed by atoms with E-state index < -0.39 is 40.6 Å². The van der Waals surface area contributed by atoms with Crippen LogP contribution in [0.2, 0.25) is 0 Å². The van der Waals surface area contributed by atoms with E-state index in [4.69, 9.17) is 10.5 Å². The van der Waals surface area contributed by atoms with Crippen molar-refractivity contribution in [2.75, 3.05) is 37.9 Å². The Morgan fingerprint density at radius 2 is 1.92 bits per heavy atom. The molecule has 7 rings (SSSR count). The van der Waals surface area contributed by atoms with E-state index in [1.807, 2.05) is 0 Å². The zero-order chi connectivity index (χ0) is 34.3. The maximum absolute atomic E-state index is 16.3. The molecule has 0 aliphatic carbocycles. The number of nitriles is 1. The summed E-state index contributed by atoms with van der Waals surface area (Å²) in [6, 6.07) is 8.23. The van der Waals surface area contributed by atoms with Crippen LogP contribution in [-0.2, 0) is 12.7 Å². The van der Waals surface area contributed by atoms with Gasteiger partial charge in [0.25, 0.3) is 0 Å². The lowest BCUT2D eigenvalue weighted by Gasteiger charge is -2.23. The highest BCUT2D eigenvalue weighted by Gasteiger charge is 2.38. The average molecular weight is 686 g/mol. The van der Waals surface area contributed by atoms with Crippen LogP contribution in [0.1, 0.15) is 36.0 Å². The van der Waals surface area contributed by atoms with Gasteiger partial charge in [-0.2, -0.15) is 28.4 Å². The number of thiophene rings is 1. The van der Waals surface area contributed by atoms with Gasteiger partial charge in [-0.1, -0.05) is 6.07 Å². The first-order chi connectivity index (χ1) is 22.9. The van der Waals surface area contributed by atoms with Crippen molar-refractivity contribution in [2.24, 2.45) is 0 Å². The van der Waals surface area contributed by atoms with E-state index in [-0.39, 0.29) is 50.0 Å². The second-order valence-electron chi connectivity index (χ2n) is 11.6. The summed E-state index contributed by atoms with van der Waals surface area (Å²) in [5.74, 6) is -2.14. The number of hydrogen-bond donors (Lipinski definition) is 1. The number of alkyl halides is 4. The number of benzene rings is 2. The van der Waals surface area contributed by atoms with Crippen LogP contribution in [0.5, 0.6) is 6.01 Å². The minimum absolute atomic E-state index is 0.00800. The quantitative estimate of drug-likeness (QED) is 0.190. The summed E-state index contributed by atoms with van der Waals surface area (Å²) >= 11 is 0.695. The van der Waals surface area contributed by atoms with Crippen molar-refractivity contribution in [3.63, 3.8) is 0 Å². The molecule has 250 valence electrons. The van der Waals surface area contributed by atoms with Gasteiger partial charge in [-0.05, 0) is 61.2 Å². The molecule has 48 heavy (non-hydrogen) atoms. The van der Waals surface area contributed by atoms with Crippen molar-refractivity contribution in [2.45, 2.75) is 44.2 Å². The summed E-state index contributed by atoms with van der Waals surface area (Å²) in [6.07, 6.45) is 0.894. The predicted octanol–water partition coefficient (Wildman–Crippen LogP) is 7.49. The van der Waals surface area contributed by atoms with Gasteiger partial charge in [0.05, 0.1) is 22.9 Å². The first kappa shape index (κ1) is 33.2. The van der Waals surface area contributed by atoms with Gasteiger partial charge in [0.15, 0.2) is 5.82 Å². The van der Waals surface area contributed by atoms with Gasteiger partial charge in [-0.15, -0.1) is 11.3 Å². The molecule has 15 heteroatoms. The van der Waals surface area contributed by atoms with Crippen LogP contribution in [0.4, 0.5) is 37.2 Å². The minimum atomic E-state index is -5.04. The molecular formula is C33H29F6N7OS. The molecule has 3 aromatic heterocycles. The zero-order valence-electron chi connectivity index (χ0n) is 25.8. The molecule has 2 aromatic carbocycles. The minimum Gasteiger partial charge on any atom is -0.467 e. The van der Waals surface area contributed by atoms with Crippen LogP contribution in [0, 0.1) is 23.0 Å². The lowest BCUT2D eigenvalue weighted by Crippen LogP contribution is -2.22. The number of anilines is 2. The van der Waals surface area contributed by atoms with Crippen LogP contribution in [-0.4, -0.2) is 59.3 Å². The number of nitrogens with zero attached hydrogens (tertiary/aromatic N) is 6. The van der Waals surface area contributed by atoms with E-state index >= 15 is 4.39 Å². The number of ether oxygens (including phenoxy) is 1. The molecule has 0 spiro atoms. The molecule has 0 radical (unpaired) electrons. The van der Waals surface area contributed by atoms with Crippen LogP contribution in [0.3, 0.4) is 0 Å². The number of hydrogen-bond acceptors (Lipinski definition) is 9. The SMILES string of the molecule is COc1nc(N(C)Cc2ccncc2)c2cc(C(F)(F)F)c(-c3ccc(F)c4sc(N)c(C#N)c34)c(F)c2n1.FC1CC2CCCN2C1. The molecule has 2 saturated heterocycles. The van der Waals surface area contributed by atoms with Crippen LogP contribution in [0.25, 0.3) is 32.1 Å². The molecule has 0 amide bonds. The number of aromatic nitrogens is 3. The fourth-order valence-electron chi connectivity index (χ4n) is 6.43. The fraction of sp³-hybridized carbons (Fsp3) is 0.333. The lowest BCUT2D eigenvalue weighted by atomic mass is 9.92. The maximum atomic E-state index is 16.3. The van der Waals surface area contributed by atoms with Gasteiger partial charge in [-0.25, -0.2) is 13.2 Å². The van der Waals surface area contributed by atoms with Gasteiger partial charge < -0.3 is 15.4 Å². The molecule has 8 nitrogen and oxygen atoms in total. The molecule has 2 aliphatic heterocycles. The normalized spacial score (nSPS) is 17.6. The summed E-state index contributed by atoms with van der Waals surface area (Å²) in [4.78, 5) is 16.0. The molecule has 5 heterocycles. The van der Waals surface area contributed by atoms with Gasteiger partial charge in [-0.3, -0.25) is 9.88 Å². The topological polar surface area (TPSA) is 104 Å². The third-order valence-corrected chi connectivity index (χ3v) is 9.60. The monoisotopic (exact) mass is 685 g/mol. The Kier molecular flexibility index (Phi) is 9.06.